The molecule has 0 bridgehead atoms. The Balaban J connectivity index is 0.000000462. The molecule has 146 valence electrons. The van der Waals surface area contributed by atoms with E-state index in [1.807, 2.05) is 6.92 Å². The maximum atomic E-state index is 9.93. The van der Waals surface area contributed by atoms with E-state index in [-0.39, 0.29) is 13.0 Å². The summed E-state index contributed by atoms with van der Waals surface area (Å²) in [4.78, 5) is 9.93. The molecule has 0 amide bonds. The number of carbonyl (C=O) groups is 1. The van der Waals surface area contributed by atoms with Gasteiger partial charge in [-0.25, -0.2) is 9.13 Å². The molecule has 0 radical (unpaired) electrons. The minimum atomic E-state index is -1.10. The highest BCUT2D eigenvalue weighted by Crippen LogP contribution is 1.85. The van der Waals surface area contributed by atoms with E-state index in [9.17, 15) is 9.90 Å². The third-order valence-electron chi connectivity index (χ3n) is 3.06. The second kappa shape index (κ2) is 17.3. The fourth-order valence-electron chi connectivity index (χ4n) is 1.69. The van der Waals surface area contributed by atoms with E-state index < -0.39 is 5.97 Å². The van der Waals surface area contributed by atoms with Gasteiger partial charge < -0.3 is 28.8 Å². The van der Waals surface area contributed by atoms with Crippen molar-refractivity contribution in [2.24, 2.45) is 0 Å². The second-order valence-electron chi connectivity index (χ2n) is 5.02. The number of carbonyl (C=O) groups excluding carboxylic acids is 1. The maximum absolute atomic E-state index is 9.93. The van der Waals surface area contributed by atoms with Crippen LogP contribution in [0, 0.1) is 0 Å². The predicted molar refractivity (Wildman–Crippen MR) is 89.9 cm³/mol. The zero-order valence-corrected chi connectivity index (χ0v) is 15.6. The summed E-state index contributed by atoms with van der Waals surface area (Å²) in [6.45, 7) is 9.84. The average molecular weight is 360 g/mol. The first kappa shape index (κ1) is 23.5. The largest absolute Gasteiger partial charge is 0.550 e. The van der Waals surface area contributed by atoms with Gasteiger partial charge in [0.15, 0.2) is 0 Å². The first-order valence-electron chi connectivity index (χ1n) is 8.60. The van der Waals surface area contributed by atoms with Crippen molar-refractivity contribution in [3.05, 3.63) is 18.7 Å². The zero-order chi connectivity index (χ0) is 18.8. The summed E-state index contributed by atoms with van der Waals surface area (Å²) in [5, 5.41) is 9.93. The monoisotopic (exact) mass is 360 g/mol. The van der Waals surface area contributed by atoms with Gasteiger partial charge in [-0.1, -0.05) is 0 Å². The number of nitrogens with zero attached hydrogens (tertiary/aromatic N) is 2. The third-order valence-corrected chi connectivity index (χ3v) is 3.06. The number of methoxy groups -OCH3 is 1. The summed E-state index contributed by atoms with van der Waals surface area (Å²) < 4.78 is 24.3. The summed E-state index contributed by atoms with van der Waals surface area (Å²) >= 11 is 0. The molecule has 0 aliphatic carbocycles. The molecular formula is C17H32N2O6. The minimum Gasteiger partial charge on any atom is -0.550 e. The molecule has 0 aliphatic rings. The molecule has 0 N–H and O–H groups in total. The fourth-order valence-corrected chi connectivity index (χ4v) is 1.69. The van der Waals surface area contributed by atoms with Crippen LogP contribution in [0.3, 0.4) is 0 Å². The van der Waals surface area contributed by atoms with Crippen molar-refractivity contribution in [2.45, 2.75) is 33.4 Å². The van der Waals surface area contributed by atoms with Gasteiger partial charge in [0.2, 0.25) is 6.33 Å². The second-order valence-corrected chi connectivity index (χ2v) is 5.02. The molecule has 0 atom stereocenters. The van der Waals surface area contributed by atoms with Crippen LogP contribution in [0.25, 0.3) is 0 Å². The molecule has 8 heteroatoms. The first-order valence-corrected chi connectivity index (χ1v) is 8.60. The molecule has 1 aromatic rings. The molecule has 0 fully saturated rings. The number of aromatic nitrogens is 2. The van der Waals surface area contributed by atoms with Gasteiger partial charge in [-0.05, 0) is 13.8 Å². The maximum Gasteiger partial charge on any atom is 0.243 e. The van der Waals surface area contributed by atoms with Gasteiger partial charge in [0.1, 0.15) is 18.9 Å². The normalized spacial score (nSPS) is 10.4. The van der Waals surface area contributed by atoms with Crippen LogP contribution in [0.15, 0.2) is 18.7 Å². The number of ether oxygens (including phenoxy) is 4. The van der Waals surface area contributed by atoms with Crippen LogP contribution in [-0.2, 0) is 36.8 Å². The summed E-state index contributed by atoms with van der Waals surface area (Å²) in [6.07, 6.45) is 6.17. The lowest BCUT2D eigenvalue weighted by Gasteiger charge is -2.05. The molecule has 8 nitrogen and oxygen atoms in total. The highest BCUT2D eigenvalue weighted by atomic mass is 16.5. The van der Waals surface area contributed by atoms with Gasteiger partial charge in [0, 0.05) is 26.1 Å². The number of carboxylic acids is 1. The van der Waals surface area contributed by atoms with E-state index in [1.165, 1.54) is 0 Å². The zero-order valence-electron chi connectivity index (χ0n) is 15.6. The Hall–Kier alpha value is -1.48. The van der Waals surface area contributed by atoms with Gasteiger partial charge in [-0.2, -0.15) is 0 Å². The SMILES string of the molecule is CCOCCn1cc[n+](CC)c1.COCCOCCOCCC(=O)[O-]. The quantitative estimate of drug-likeness (QED) is 0.333. The Morgan fingerprint density at radius 2 is 1.72 bits per heavy atom. The van der Waals surface area contributed by atoms with Crippen molar-refractivity contribution < 1.29 is 33.4 Å². The predicted octanol–water partition coefficient (Wildman–Crippen LogP) is -0.362. The van der Waals surface area contributed by atoms with E-state index in [1.54, 1.807) is 7.11 Å². The Labute approximate surface area is 150 Å². The molecule has 0 aliphatic heterocycles. The van der Waals surface area contributed by atoms with Gasteiger partial charge in [-0.15, -0.1) is 0 Å². The number of carboxylic acid groups (broad SMARTS) is 1. The molecule has 1 aromatic heterocycles. The number of aryl methyl sites for hydroxylation is 1. The van der Waals surface area contributed by atoms with E-state index >= 15 is 0 Å². The molecule has 0 spiro atoms. The summed E-state index contributed by atoms with van der Waals surface area (Å²) in [5.41, 5.74) is 0. The number of imidazole rings is 1. The average Bonchev–Trinajstić information content (AvgIpc) is 3.06. The summed E-state index contributed by atoms with van der Waals surface area (Å²) in [7, 11) is 1.60. The van der Waals surface area contributed by atoms with Crippen LogP contribution in [0.4, 0.5) is 0 Å². The van der Waals surface area contributed by atoms with Crippen LogP contribution in [0.1, 0.15) is 20.3 Å². The van der Waals surface area contributed by atoms with Crippen molar-refractivity contribution in [3.8, 4) is 0 Å². The summed E-state index contributed by atoms with van der Waals surface area (Å²) in [5.74, 6) is -1.10. The Morgan fingerprint density at radius 1 is 1.04 bits per heavy atom. The molecule has 0 aromatic carbocycles. The van der Waals surface area contributed by atoms with E-state index in [4.69, 9.17) is 18.9 Å². The van der Waals surface area contributed by atoms with E-state index in [0.29, 0.717) is 26.4 Å². The van der Waals surface area contributed by atoms with E-state index in [2.05, 4.69) is 34.8 Å². The van der Waals surface area contributed by atoms with Crippen LogP contribution >= 0.6 is 0 Å². The van der Waals surface area contributed by atoms with Crippen LogP contribution in [0.5, 0.6) is 0 Å². The first-order chi connectivity index (χ1) is 12.1. The number of aliphatic carboxylic acids is 1. The Bertz CT molecular complexity index is 425. The van der Waals surface area contributed by atoms with Gasteiger partial charge >= 0.3 is 0 Å². The van der Waals surface area contributed by atoms with Crippen molar-refractivity contribution in [1.82, 2.24) is 4.57 Å². The molecule has 1 heterocycles. The minimum absolute atomic E-state index is 0.0714. The smallest absolute Gasteiger partial charge is 0.243 e. The Morgan fingerprint density at radius 3 is 2.28 bits per heavy atom. The molecule has 0 saturated heterocycles. The highest BCUT2D eigenvalue weighted by molar-refractivity contribution is 5.64. The molecular weight excluding hydrogens is 328 g/mol. The lowest BCUT2D eigenvalue weighted by molar-refractivity contribution is -0.693. The van der Waals surface area contributed by atoms with Gasteiger partial charge in [0.05, 0.1) is 46.2 Å². The number of hydrogen-bond donors (Lipinski definition) is 0. The summed E-state index contributed by atoms with van der Waals surface area (Å²) in [6, 6.07) is 0. The van der Waals surface area contributed by atoms with Crippen LogP contribution in [-0.4, -0.2) is 63.9 Å². The number of rotatable bonds is 14. The number of hydrogen-bond acceptors (Lipinski definition) is 6. The van der Waals surface area contributed by atoms with Gasteiger partial charge in [0.25, 0.3) is 0 Å². The molecule has 0 unspecified atom stereocenters. The molecule has 0 saturated carbocycles. The Kier molecular flexibility index (Phi) is 16.3. The molecule has 25 heavy (non-hydrogen) atoms. The highest BCUT2D eigenvalue weighted by Gasteiger charge is 1.99. The van der Waals surface area contributed by atoms with Crippen LogP contribution < -0.4 is 9.67 Å². The van der Waals surface area contributed by atoms with Gasteiger partial charge in [-0.3, -0.25) is 0 Å². The lowest BCUT2D eigenvalue weighted by Crippen LogP contribution is -2.29. The molecule has 1 rings (SSSR count). The van der Waals surface area contributed by atoms with Crippen LogP contribution in [0.2, 0.25) is 0 Å². The van der Waals surface area contributed by atoms with Crippen molar-refractivity contribution in [1.29, 1.82) is 0 Å². The standard InChI is InChI=1S/C9H17N2O.C8H16O5/c1-3-10-5-6-11(9-10)7-8-12-4-2;1-11-4-5-13-7-6-12-3-2-8(9)10/h5-6,9H,3-4,7-8H2,1-2H3;2-7H2,1H3,(H,9,10)/q+1;/p-1. The van der Waals surface area contributed by atoms with E-state index in [0.717, 1.165) is 26.3 Å². The van der Waals surface area contributed by atoms with Crippen molar-refractivity contribution in [3.63, 3.8) is 0 Å². The van der Waals surface area contributed by atoms with Crippen molar-refractivity contribution in [2.75, 3.05) is 53.4 Å². The topological polar surface area (TPSA) is 85.9 Å². The lowest BCUT2D eigenvalue weighted by atomic mass is 10.5. The van der Waals surface area contributed by atoms with Crippen molar-refractivity contribution >= 4 is 5.97 Å². The third kappa shape index (κ3) is 15.8. The fraction of sp³-hybridized carbons (Fsp3) is 0.765.